The number of rotatable bonds is 8. The highest BCUT2D eigenvalue weighted by Crippen LogP contribution is 2.52. The molecule has 1 aliphatic carbocycles. The first-order valence-corrected chi connectivity index (χ1v) is 12.3. The van der Waals surface area contributed by atoms with E-state index in [1.807, 2.05) is 6.92 Å². The van der Waals surface area contributed by atoms with Crippen LogP contribution in [-0.2, 0) is 9.59 Å². The van der Waals surface area contributed by atoms with E-state index in [4.69, 9.17) is 0 Å². The van der Waals surface area contributed by atoms with Crippen LogP contribution in [0.25, 0.3) is 0 Å². The fourth-order valence-electron chi connectivity index (χ4n) is 5.81. The van der Waals surface area contributed by atoms with Gasteiger partial charge in [0.2, 0.25) is 5.91 Å². The minimum absolute atomic E-state index is 0.0335. The number of aliphatic carboxylic acids is 1. The number of aliphatic hydroxyl groups is 1. The molecule has 0 aromatic carbocycles. The largest absolute Gasteiger partial charge is 0.477 e. The van der Waals surface area contributed by atoms with Crippen molar-refractivity contribution in [2.24, 2.45) is 17.8 Å². The molecule has 0 unspecified atom stereocenters. The van der Waals surface area contributed by atoms with Gasteiger partial charge in [-0.3, -0.25) is 4.79 Å². The van der Waals surface area contributed by atoms with Gasteiger partial charge >= 0.3 is 5.97 Å². The van der Waals surface area contributed by atoms with E-state index < -0.39 is 18.0 Å². The third kappa shape index (κ3) is 3.92. The minimum Gasteiger partial charge on any atom is -0.477 e. The molecule has 3 N–H and O–H groups in total. The molecule has 3 fully saturated rings. The van der Waals surface area contributed by atoms with Gasteiger partial charge in [0.25, 0.3) is 0 Å². The molecule has 7 nitrogen and oxygen atoms in total. The predicted molar refractivity (Wildman–Crippen MR) is 117 cm³/mol. The number of fused-ring (bicyclic) bond motifs is 1. The monoisotopic (exact) mass is 437 g/mol. The van der Waals surface area contributed by atoms with Crippen LogP contribution >= 0.6 is 11.8 Å². The molecule has 0 aromatic heterocycles. The molecule has 3 aliphatic heterocycles. The Kier molecular flexibility index (Phi) is 6.49. The molecule has 8 heteroatoms. The summed E-state index contributed by atoms with van der Waals surface area (Å²) >= 11 is 1.65. The predicted octanol–water partition coefficient (Wildman–Crippen LogP) is 1.73. The van der Waals surface area contributed by atoms with Crippen molar-refractivity contribution < 1.29 is 19.8 Å². The second-order valence-corrected chi connectivity index (χ2v) is 10.8. The van der Waals surface area contributed by atoms with Gasteiger partial charge < -0.3 is 25.3 Å². The van der Waals surface area contributed by atoms with Crippen LogP contribution in [0.2, 0.25) is 0 Å². The first-order chi connectivity index (χ1) is 14.3. The molecule has 1 amide bonds. The zero-order valence-electron chi connectivity index (χ0n) is 18.2. The number of nitrogens with one attached hydrogen (secondary N) is 1. The Hall–Kier alpha value is -1.09. The smallest absolute Gasteiger partial charge is 0.353 e. The van der Waals surface area contributed by atoms with E-state index in [1.54, 1.807) is 18.7 Å². The summed E-state index contributed by atoms with van der Waals surface area (Å²) in [6.45, 7) is 9.95. The van der Waals surface area contributed by atoms with Crippen molar-refractivity contribution >= 4 is 23.6 Å². The SMILES string of the molecule is CCNC1CCC(CN2CC(SC3=C(C(=O)O)N4C(=O)[C@H]([C@@H](C)O)[C@H]4[C@H]3C)C2)CC1. The van der Waals surface area contributed by atoms with E-state index in [2.05, 4.69) is 17.1 Å². The van der Waals surface area contributed by atoms with Crippen molar-refractivity contribution in [3.63, 3.8) is 0 Å². The van der Waals surface area contributed by atoms with Gasteiger partial charge in [0.15, 0.2) is 0 Å². The lowest BCUT2D eigenvalue weighted by Crippen LogP contribution is -2.63. The van der Waals surface area contributed by atoms with Crippen LogP contribution < -0.4 is 5.32 Å². The molecule has 168 valence electrons. The second kappa shape index (κ2) is 8.81. The van der Waals surface area contributed by atoms with Crippen molar-refractivity contribution in [2.45, 2.75) is 69.9 Å². The van der Waals surface area contributed by atoms with Crippen molar-refractivity contribution in [3.8, 4) is 0 Å². The maximum absolute atomic E-state index is 12.4. The third-order valence-corrected chi connectivity index (χ3v) is 8.83. The highest BCUT2D eigenvalue weighted by Gasteiger charge is 2.60. The minimum atomic E-state index is -1.03. The Labute approximate surface area is 183 Å². The average molecular weight is 438 g/mol. The standard InChI is InChI=1S/C22H35N3O4S/c1-4-23-15-7-5-14(6-8-15)9-24-10-16(11-24)30-20-12(2)18-17(13(3)26)21(27)25(18)19(20)22(28)29/h12-18,23,26H,4-11H2,1-3H3,(H,28,29)/t12-,13-,14?,15?,17-,18-/m1/s1. The molecule has 1 saturated carbocycles. The van der Waals surface area contributed by atoms with Crippen molar-refractivity contribution in [3.05, 3.63) is 10.6 Å². The quantitative estimate of drug-likeness (QED) is 0.498. The Morgan fingerprint density at radius 3 is 2.50 bits per heavy atom. The number of carboxylic acids is 1. The fourth-order valence-corrected chi connectivity index (χ4v) is 7.39. The maximum atomic E-state index is 12.4. The first kappa shape index (κ1) is 22.1. The van der Waals surface area contributed by atoms with Gasteiger partial charge in [-0.2, -0.15) is 0 Å². The zero-order valence-corrected chi connectivity index (χ0v) is 19.0. The average Bonchev–Trinajstić information content (AvgIpc) is 2.90. The van der Waals surface area contributed by atoms with E-state index in [-0.39, 0.29) is 23.6 Å². The van der Waals surface area contributed by atoms with Crippen LogP contribution in [-0.4, -0.2) is 81.5 Å². The van der Waals surface area contributed by atoms with Crippen LogP contribution in [0.15, 0.2) is 10.6 Å². The van der Waals surface area contributed by atoms with Crippen LogP contribution in [0.3, 0.4) is 0 Å². The number of carbonyl (C=O) groups is 2. The van der Waals surface area contributed by atoms with Crippen LogP contribution in [0, 0.1) is 17.8 Å². The van der Waals surface area contributed by atoms with Crippen LogP contribution in [0.4, 0.5) is 0 Å². The lowest BCUT2D eigenvalue weighted by molar-refractivity contribution is -0.163. The molecule has 3 heterocycles. The molecule has 30 heavy (non-hydrogen) atoms. The summed E-state index contributed by atoms with van der Waals surface area (Å²) in [6.07, 6.45) is 4.37. The summed E-state index contributed by atoms with van der Waals surface area (Å²) in [4.78, 5) is 29.1. The van der Waals surface area contributed by atoms with Crippen LogP contribution in [0.1, 0.15) is 46.5 Å². The Balaban J connectivity index is 1.30. The van der Waals surface area contributed by atoms with Crippen molar-refractivity contribution in [1.29, 1.82) is 0 Å². The summed E-state index contributed by atoms with van der Waals surface area (Å²) in [5.74, 6) is -1.02. The highest BCUT2D eigenvalue weighted by molar-refractivity contribution is 8.03. The number of carbonyl (C=O) groups excluding carboxylic acids is 1. The van der Waals surface area contributed by atoms with Gasteiger partial charge in [0.1, 0.15) is 5.70 Å². The number of nitrogens with zero attached hydrogens (tertiary/aromatic N) is 2. The Morgan fingerprint density at radius 1 is 1.27 bits per heavy atom. The summed E-state index contributed by atoms with van der Waals surface area (Å²) < 4.78 is 0. The molecule has 0 bridgehead atoms. The van der Waals surface area contributed by atoms with E-state index in [0.717, 1.165) is 37.0 Å². The number of hydrogen-bond donors (Lipinski definition) is 3. The van der Waals surface area contributed by atoms with Gasteiger partial charge in [-0.25, -0.2) is 4.79 Å². The molecule has 4 rings (SSSR count). The number of hydrogen-bond acceptors (Lipinski definition) is 6. The van der Waals surface area contributed by atoms with E-state index in [9.17, 15) is 19.8 Å². The van der Waals surface area contributed by atoms with E-state index in [1.165, 1.54) is 30.6 Å². The summed E-state index contributed by atoms with van der Waals surface area (Å²) in [5, 5.41) is 23.7. The highest BCUT2D eigenvalue weighted by atomic mass is 32.2. The lowest BCUT2D eigenvalue weighted by atomic mass is 9.79. The summed E-state index contributed by atoms with van der Waals surface area (Å²) in [5.41, 5.74) is 0.152. The van der Waals surface area contributed by atoms with E-state index >= 15 is 0 Å². The van der Waals surface area contributed by atoms with Crippen molar-refractivity contribution in [2.75, 3.05) is 26.2 Å². The molecular formula is C22H35N3O4S. The van der Waals surface area contributed by atoms with Crippen LogP contribution in [0.5, 0.6) is 0 Å². The number of likely N-dealkylation sites (tertiary alicyclic amines) is 1. The maximum Gasteiger partial charge on any atom is 0.353 e. The lowest BCUT2D eigenvalue weighted by Gasteiger charge is -2.46. The fraction of sp³-hybridized carbons (Fsp3) is 0.818. The topological polar surface area (TPSA) is 93.1 Å². The van der Waals surface area contributed by atoms with E-state index in [0.29, 0.717) is 11.3 Å². The molecule has 4 atom stereocenters. The number of thioether (sulfide) groups is 1. The number of carboxylic acid groups (broad SMARTS) is 1. The van der Waals surface area contributed by atoms with Gasteiger partial charge in [-0.15, -0.1) is 11.8 Å². The van der Waals surface area contributed by atoms with Gasteiger partial charge in [0.05, 0.1) is 18.1 Å². The van der Waals surface area contributed by atoms with Crippen molar-refractivity contribution in [1.82, 2.24) is 15.1 Å². The van der Waals surface area contributed by atoms with Gasteiger partial charge in [-0.1, -0.05) is 13.8 Å². The molecule has 4 aliphatic rings. The molecule has 0 radical (unpaired) electrons. The first-order valence-electron chi connectivity index (χ1n) is 11.4. The number of amides is 1. The summed E-state index contributed by atoms with van der Waals surface area (Å²) in [7, 11) is 0. The number of β-lactam (4-membered cyclic amide) rings is 1. The second-order valence-electron chi connectivity index (χ2n) is 9.51. The van der Waals surface area contributed by atoms with Gasteiger partial charge in [0, 0.05) is 41.7 Å². The molecule has 0 spiro atoms. The molecule has 0 aromatic rings. The Bertz CT molecular complexity index is 713. The zero-order chi connectivity index (χ0) is 21.6. The Morgan fingerprint density at radius 2 is 1.93 bits per heavy atom. The summed E-state index contributed by atoms with van der Waals surface area (Å²) in [6, 6.07) is 0.476. The normalized spacial score (nSPS) is 35.8. The third-order valence-electron chi connectivity index (χ3n) is 7.38. The molecular weight excluding hydrogens is 402 g/mol. The van der Waals surface area contributed by atoms with Gasteiger partial charge in [-0.05, 0) is 45.1 Å². The number of aliphatic hydroxyl groups excluding tert-OH is 1. The molecule has 2 saturated heterocycles.